The van der Waals surface area contributed by atoms with E-state index in [1.165, 1.54) is 12.1 Å². The van der Waals surface area contributed by atoms with E-state index in [-0.39, 0.29) is 18.0 Å². The molecule has 1 aliphatic carbocycles. The summed E-state index contributed by atoms with van der Waals surface area (Å²) < 4.78 is 13.7. The number of carbonyl (C=O) groups is 1. The highest BCUT2D eigenvalue weighted by atomic mass is 19.1. The minimum absolute atomic E-state index is 0.0282. The molecular weight excluding hydrogens is 265 g/mol. The minimum atomic E-state index is -0.826. The predicted molar refractivity (Wildman–Crippen MR) is 70.5 cm³/mol. The number of hydrogen-bond acceptors (Lipinski definition) is 4. The van der Waals surface area contributed by atoms with Gasteiger partial charge in [-0.3, -0.25) is 14.9 Å². The second-order valence-electron chi connectivity index (χ2n) is 4.78. The van der Waals surface area contributed by atoms with Crippen molar-refractivity contribution in [1.82, 2.24) is 10.6 Å². The van der Waals surface area contributed by atoms with Gasteiger partial charge in [-0.05, 0) is 12.8 Å². The normalized spacial score (nSPS) is 14.1. The number of hydrogen-bond donors (Lipinski definition) is 2. The zero-order valence-corrected chi connectivity index (χ0v) is 10.9. The molecule has 7 heteroatoms. The van der Waals surface area contributed by atoms with Crippen LogP contribution in [0.15, 0.2) is 18.2 Å². The van der Waals surface area contributed by atoms with Gasteiger partial charge >= 0.3 is 5.69 Å². The number of nitro groups is 1. The second-order valence-corrected chi connectivity index (χ2v) is 4.78. The Kier molecular flexibility index (Phi) is 4.62. The first-order chi connectivity index (χ1) is 9.58. The number of halogens is 1. The van der Waals surface area contributed by atoms with E-state index in [4.69, 9.17) is 0 Å². The van der Waals surface area contributed by atoms with E-state index in [9.17, 15) is 19.3 Å². The molecule has 108 valence electrons. The molecule has 1 aromatic rings. The summed E-state index contributed by atoms with van der Waals surface area (Å²) >= 11 is 0. The van der Waals surface area contributed by atoms with Gasteiger partial charge in [-0.1, -0.05) is 12.1 Å². The van der Waals surface area contributed by atoms with Crippen LogP contribution in [0.3, 0.4) is 0 Å². The number of amides is 1. The van der Waals surface area contributed by atoms with E-state index in [0.29, 0.717) is 19.0 Å². The number of nitrogens with zero attached hydrogens (tertiary/aromatic N) is 1. The van der Waals surface area contributed by atoms with E-state index in [0.717, 1.165) is 18.9 Å². The van der Waals surface area contributed by atoms with Gasteiger partial charge in [0.15, 0.2) is 0 Å². The van der Waals surface area contributed by atoms with Crippen molar-refractivity contribution in [2.75, 3.05) is 6.54 Å². The molecule has 1 aliphatic rings. The first-order valence-corrected chi connectivity index (χ1v) is 6.50. The molecule has 0 aliphatic heterocycles. The fourth-order valence-corrected chi connectivity index (χ4v) is 1.80. The lowest BCUT2D eigenvalue weighted by Gasteiger charge is -2.06. The summed E-state index contributed by atoms with van der Waals surface area (Å²) in [6, 6.07) is 4.39. The van der Waals surface area contributed by atoms with Gasteiger partial charge in [-0.15, -0.1) is 0 Å². The van der Waals surface area contributed by atoms with Gasteiger partial charge in [-0.2, -0.15) is 4.39 Å². The first-order valence-electron chi connectivity index (χ1n) is 6.50. The molecule has 0 bridgehead atoms. The topological polar surface area (TPSA) is 84.3 Å². The number of carbonyl (C=O) groups excluding carboxylic acids is 1. The molecule has 0 atom stereocenters. The Morgan fingerprint density at radius 1 is 1.45 bits per heavy atom. The molecule has 6 nitrogen and oxygen atoms in total. The molecule has 1 saturated carbocycles. The monoisotopic (exact) mass is 281 g/mol. The van der Waals surface area contributed by atoms with Crippen molar-refractivity contribution in [3.63, 3.8) is 0 Å². The van der Waals surface area contributed by atoms with E-state index < -0.39 is 16.4 Å². The minimum Gasteiger partial charge on any atom is -0.353 e. The van der Waals surface area contributed by atoms with E-state index in [1.54, 1.807) is 0 Å². The summed E-state index contributed by atoms with van der Waals surface area (Å²) in [5, 5.41) is 16.3. The van der Waals surface area contributed by atoms with E-state index in [2.05, 4.69) is 10.6 Å². The number of benzene rings is 1. The van der Waals surface area contributed by atoms with Crippen molar-refractivity contribution in [1.29, 1.82) is 0 Å². The Balaban J connectivity index is 1.77. The fraction of sp³-hybridized carbons (Fsp3) is 0.462. The van der Waals surface area contributed by atoms with Crippen molar-refractivity contribution in [3.05, 3.63) is 39.7 Å². The molecular formula is C13H16FN3O3. The SMILES string of the molecule is O=C(CCNCc1cccc([N+](=O)[O-])c1F)NC1CC1. The van der Waals surface area contributed by atoms with Crippen LogP contribution in [0.5, 0.6) is 0 Å². The maximum atomic E-state index is 13.7. The van der Waals surface area contributed by atoms with Gasteiger partial charge in [0.1, 0.15) is 0 Å². The van der Waals surface area contributed by atoms with Crippen LogP contribution in [0.1, 0.15) is 24.8 Å². The maximum absolute atomic E-state index is 13.7. The van der Waals surface area contributed by atoms with Crippen LogP contribution in [0, 0.1) is 15.9 Å². The van der Waals surface area contributed by atoms with Crippen LogP contribution in [-0.4, -0.2) is 23.4 Å². The highest BCUT2D eigenvalue weighted by Gasteiger charge is 2.22. The summed E-state index contributed by atoms with van der Waals surface area (Å²) in [5.74, 6) is -0.855. The van der Waals surface area contributed by atoms with Gasteiger partial charge in [0, 0.05) is 37.2 Å². The summed E-state index contributed by atoms with van der Waals surface area (Å²) in [6.45, 7) is 0.560. The van der Waals surface area contributed by atoms with Crippen LogP contribution in [0.25, 0.3) is 0 Å². The van der Waals surface area contributed by atoms with Crippen molar-refractivity contribution >= 4 is 11.6 Å². The number of nitro benzene ring substituents is 1. The summed E-state index contributed by atoms with van der Waals surface area (Å²) in [4.78, 5) is 21.2. The lowest BCUT2D eigenvalue weighted by Crippen LogP contribution is -2.29. The van der Waals surface area contributed by atoms with Gasteiger partial charge in [-0.25, -0.2) is 0 Å². The lowest BCUT2D eigenvalue weighted by molar-refractivity contribution is -0.387. The van der Waals surface area contributed by atoms with Crippen LogP contribution in [-0.2, 0) is 11.3 Å². The van der Waals surface area contributed by atoms with Crippen LogP contribution in [0.4, 0.5) is 10.1 Å². The largest absolute Gasteiger partial charge is 0.353 e. The Bertz CT molecular complexity index is 518. The number of rotatable bonds is 7. The van der Waals surface area contributed by atoms with Crippen molar-refractivity contribution < 1.29 is 14.1 Å². The quantitative estimate of drug-likeness (QED) is 0.450. The van der Waals surface area contributed by atoms with Crippen molar-refractivity contribution in [2.45, 2.75) is 31.8 Å². The highest BCUT2D eigenvalue weighted by molar-refractivity contribution is 5.76. The average Bonchev–Trinajstić information content (AvgIpc) is 3.19. The molecule has 2 rings (SSSR count). The Labute approximate surface area is 115 Å². The average molecular weight is 281 g/mol. The summed E-state index contributed by atoms with van der Waals surface area (Å²) in [7, 11) is 0. The van der Waals surface area contributed by atoms with Crippen LogP contribution >= 0.6 is 0 Å². The summed E-state index contributed by atoms with van der Waals surface area (Å²) in [6.07, 6.45) is 2.39. The van der Waals surface area contributed by atoms with E-state index in [1.807, 2.05) is 0 Å². The molecule has 0 unspecified atom stereocenters. The smallest absolute Gasteiger partial charge is 0.305 e. The van der Waals surface area contributed by atoms with Crippen LogP contribution < -0.4 is 10.6 Å². The van der Waals surface area contributed by atoms with Crippen molar-refractivity contribution in [2.24, 2.45) is 0 Å². The second kappa shape index (κ2) is 6.42. The van der Waals surface area contributed by atoms with Gasteiger partial charge in [0.2, 0.25) is 11.7 Å². The molecule has 0 heterocycles. The zero-order chi connectivity index (χ0) is 14.5. The summed E-state index contributed by atoms with van der Waals surface area (Å²) in [5.41, 5.74) is -0.308. The van der Waals surface area contributed by atoms with Crippen LogP contribution in [0.2, 0.25) is 0 Å². The molecule has 1 amide bonds. The fourth-order valence-electron chi connectivity index (χ4n) is 1.80. The van der Waals surface area contributed by atoms with Gasteiger partial charge in [0.05, 0.1) is 4.92 Å². The third kappa shape index (κ3) is 3.99. The third-order valence-corrected chi connectivity index (χ3v) is 3.04. The Morgan fingerprint density at radius 2 is 2.20 bits per heavy atom. The van der Waals surface area contributed by atoms with Crippen molar-refractivity contribution in [3.8, 4) is 0 Å². The lowest BCUT2D eigenvalue weighted by atomic mass is 10.2. The highest BCUT2D eigenvalue weighted by Crippen LogP contribution is 2.20. The molecule has 0 saturated heterocycles. The first kappa shape index (κ1) is 14.4. The maximum Gasteiger partial charge on any atom is 0.305 e. The zero-order valence-electron chi connectivity index (χ0n) is 10.9. The Morgan fingerprint density at radius 3 is 2.85 bits per heavy atom. The predicted octanol–water partition coefficient (Wildman–Crippen LogP) is 1.49. The molecule has 0 radical (unpaired) electrons. The molecule has 2 N–H and O–H groups in total. The third-order valence-electron chi connectivity index (χ3n) is 3.04. The number of nitrogens with one attached hydrogen (secondary N) is 2. The van der Waals surface area contributed by atoms with E-state index >= 15 is 0 Å². The van der Waals surface area contributed by atoms with Gasteiger partial charge in [0.25, 0.3) is 0 Å². The molecule has 1 fully saturated rings. The Hall–Kier alpha value is -2.02. The molecule has 0 spiro atoms. The molecule has 20 heavy (non-hydrogen) atoms. The molecule has 1 aromatic carbocycles. The molecule has 0 aromatic heterocycles. The van der Waals surface area contributed by atoms with Gasteiger partial charge < -0.3 is 10.6 Å². The standard InChI is InChI=1S/C13H16FN3O3/c14-13-9(2-1-3-11(13)17(19)20)8-15-7-6-12(18)16-10-4-5-10/h1-3,10,15H,4-8H2,(H,16,18).